The molecule has 1 amide bonds. The zero-order chi connectivity index (χ0) is 21.4. The third-order valence-electron chi connectivity index (χ3n) is 5.97. The molecule has 0 spiro atoms. The second kappa shape index (κ2) is 8.12. The van der Waals surface area contributed by atoms with Gasteiger partial charge in [-0.25, -0.2) is 4.98 Å². The largest absolute Gasteiger partial charge is 0.331 e. The normalized spacial score (nSPS) is 16.2. The molecule has 1 fully saturated rings. The highest BCUT2D eigenvalue weighted by Gasteiger charge is 2.33. The minimum absolute atomic E-state index is 0.00455. The molecule has 1 unspecified atom stereocenters. The van der Waals surface area contributed by atoms with Crippen molar-refractivity contribution < 1.29 is 4.79 Å². The number of carbonyl (C=O) groups excluding carboxylic acids is 1. The van der Waals surface area contributed by atoms with Crippen molar-refractivity contribution in [3.8, 4) is 0 Å². The quantitative estimate of drug-likeness (QED) is 0.475. The molecule has 1 aliphatic rings. The maximum atomic E-state index is 13.4. The third kappa shape index (κ3) is 3.68. The van der Waals surface area contributed by atoms with Gasteiger partial charge in [-0.15, -0.1) is 11.3 Å². The van der Waals surface area contributed by atoms with Gasteiger partial charge >= 0.3 is 0 Å². The Bertz CT molecular complexity index is 1310. The number of nitrogens with zero attached hydrogens (tertiary/aromatic N) is 3. The van der Waals surface area contributed by atoms with Gasteiger partial charge in [0.2, 0.25) is 0 Å². The van der Waals surface area contributed by atoms with Crippen molar-refractivity contribution in [2.24, 2.45) is 0 Å². The first kappa shape index (κ1) is 19.7. The maximum absolute atomic E-state index is 13.4. The van der Waals surface area contributed by atoms with E-state index < -0.39 is 0 Å². The van der Waals surface area contributed by atoms with Gasteiger partial charge in [-0.2, -0.15) is 0 Å². The topological polar surface area (TPSA) is 54.7 Å². The van der Waals surface area contributed by atoms with Crippen molar-refractivity contribution in [2.45, 2.75) is 32.2 Å². The number of hydrogen-bond donors (Lipinski definition) is 0. The minimum Gasteiger partial charge on any atom is -0.331 e. The van der Waals surface area contributed by atoms with E-state index in [2.05, 4.69) is 36.2 Å². The molecule has 1 saturated heterocycles. The number of likely N-dealkylation sites (tertiary alicyclic amines) is 1. The molecule has 31 heavy (non-hydrogen) atoms. The van der Waals surface area contributed by atoms with E-state index in [1.807, 2.05) is 41.4 Å². The lowest BCUT2D eigenvalue weighted by atomic mass is 9.99. The van der Waals surface area contributed by atoms with E-state index in [1.54, 1.807) is 0 Å². The monoisotopic (exact) mass is 429 g/mol. The van der Waals surface area contributed by atoms with Crippen LogP contribution in [-0.2, 0) is 6.42 Å². The van der Waals surface area contributed by atoms with Gasteiger partial charge in [-0.3, -0.25) is 14.0 Å². The van der Waals surface area contributed by atoms with Crippen LogP contribution >= 0.6 is 11.3 Å². The number of benzene rings is 2. The summed E-state index contributed by atoms with van der Waals surface area (Å²) in [6, 6.07) is 18.3. The van der Waals surface area contributed by atoms with Crippen LogP contribution in [0.1, 0.15) is 50.8 Å². The number of carbonyl (C=O) groups is 1. The fourth-order valence-electron chi connectivity index (χ4n) is 4.40. The van der Waals surface area contributed by atoms with Gasteiger partial charge in [0.05, 0.1) is 6.04 Å². The van der Waals surface area contributed by atoms with E-state index >= 15 is 0 Å². The molecule has 0 saturated carbocycles. The first-order valence-corrected chi connectivity index (χ1v) is 11.3. The van der Waals surface area contributed by atoms with Crippen molar-refractivity contribution >= 4 is 22.2 Å². The molecule has 156 valence electrons. The van der Waals surface area contributed by atoms with Gasteiger partial charge in [0, 0.05) is 30.2 Å². The Labute approximate surface area is 184 Å². The Kier molecular flexibility index (Phi) is 5.16. The molecular weight excluding hydrogens is 406 g/mol. The Morgan fingerprint density at radius 3 is 2.71 bits per heavy atom. The molecule has 0 bridgehead atoms. The second-order valence-electron chi connectivity index (χ2n) is 8.00. The van der Waals surface area contributed by atoms with Gasteiger partial charge in [0.25, 0.3) is 11.5 Å². The first-order chi connectivity index (χ1) is 15.1. The number of aromatic nitrogens is 2. The standard InChI is InChI=1S/C25H23N3O2S/c1-17-8-5-6-11-20(17)22-12-7-13-27(22)23(29)21-15-26-25-28(24(21)30)16-19(31-25)14-18-9-3-2-4-10-18/h2-6,8-11,15-16,22H,7,12-14H2,1H3. The van der Waals surface area contributed by atoms with Crippen molar-refractivity contribution in [1.29, 1.82) is 0 Å². The van der Waals surface area contributed by atoms with Gasteiger partial charge in [0.15, 0.2) is 4.96 Å². The number of fused-ring (bicyclic) bond motifs is 1. The Morgan fingerprint density at radius 1 is 1.13 bits per heavy atom. The number of rotatable bonds is 4. The molecule has 0 N–H and O–H groups in total. The molecule has 6 heteroatoms. The summed E-state index contributed by atoms with van der Waals surface area (Å²) in [5.74, 6) is -0.228. The molecule has 1 atom stereocenters. The van der Waals surface area contributed by atoms with Crippen LogP contribution in [0.15, 0.2) is 71.8 Å². The summed E-state index contributed by atoms with van der Waals surface area (Å²) in [6.07, 6.45) is 5.85. The second-order valence-corrected chi connectivity index (χ2v) is 9.10. The average Bonchev–Trinajstić information content (AvgIpc) is 3.42. The number of thiazole rings is 1. The van der Waals surface area contributed by atoms with Crippen LogP contribution in [0.2, 0.25) is 0 Å². The van der Waals surface area contributed by atoms with E-state index in [0.29, 0.717) is 11.5 Å². The summed E-state index contributed by atoms with van der Waals surface area (Å²) in [7, 11) is 0. The molecule has 2 aromatic heterocycles. The molecule has 0 aliphatic carbocycles. The smallest absolute Gasteiger partial charge is 0.271 e. The van der Waals surface area contributed by atoms with Crippen LogP contribution < -0.4 is 5.56 Å². The zero-order valence-corrected chi connectivity index (χ0v) is 18.1. The first-order valence-electron chi connectivity index (χ1n) is 10.5. The molecular formula is C25H23N3O2S. The summed E-state index contributed by atoms with van der Waals surface area (Å²) in [6.45, 7) is 2.72. The van der Waals surface area contributed by atoms with E-state index in [9.17, 15) is 9.59 Å². The van der Waals surface area contributed by atoms with Gasteiger partial charge in [0.1, 0.15) is 5.56 Å². The van der Waals surface area contributed by atoms with Gasteiger partial charge < -0.3 is 4.90 Å². The predicted octanol–water partition coefficient (Wildman–Crippen LogP) is 4.63. The highest BCUT2D eigenvalue weighted by Crippen LogP contribution is 2.34. The van der Waals surface area contributed by atoms with Crippen molar-refractivity contribution in [2.75, 3.05) is 6.54 Å². The van der Waals surface area contributed by atoms with Crippen LogP contribution in [0.4, 0.5) is 0 Å². The molecule has 4 aromatic rings. The summed E-state index contributed by atoms with van der Waals surface area (Å²) in [5, 5.41) is 0. The fraction of sp³-hybridized carbons (Fsp3) is 0.240. The highest BCUT2D eigenvalue weighted by atomic mass is 32.1. The van der Waals surface area contributed by atoms with Crippen LogP contribution in [0.3, 0.4) is 0 Å². The van der Waals surface area contributed by atoms with Crippen LogP contribution in [0.25, 0.3) is 4.96 Å². The van der Waals surface area contributed by atoms with E-state index in [0.717, 1.165) is 29.7 Å². The average molecular weight is 430 g/mol. The lowest BCUT2D eigenvalue weighted by molar-refractivity contribution is 0.0733. The molecule has 3 heterocycles. The number of aryl methyl sites for hydroxylation is 1. The van der Waals surface area contributed by atoms with E-state index in [-0.39, 0.29) is 23.1 Å². The van der Waals surface area contributed by atoms with Crippen LogP contribution in [0, 0.1) is 6.92 Å². The summed E-state index contributed by atoms with van der Waals surface area (Å²) in [5.41, 5.74) is 3.35. The Balaban J connectivity index is 1.47. The summed E-state index contributed by atoms with van der Waals surface area (Å²) < 4.78 is 1.52. The molecule has 5 rings (SSSR count). The van der Waals surface area contributed by atoms with Gasteiger partial charge in [-0.05, 0) is 36.5 Å². The minimum atomic E-state index is -0.291. The number of hydrogen-bond acceptors (Lipinski definition) is 4. The molecule has 5 nitrogen and oxygen atoms in total. The van der Waals surface area contributed by atoms with Crippen molar-refractivity contribution in [3.63, 3.8) is 0 Å². The SMILES string of the molecule is Cc1ccccc1C1CCCN1C(=O)c1cnc2sc(Cc3ccccc3)cn2c1=O. The van der Waals surface area contributed by atoms with Crippen molar-refractivity contribution in [3.05, 3.63) is 104 Å². The van der Waals surface area contributed by atoms with E-state index in [1.165, 1.54) is 33.1 Å². The Hall–Kier alpha value is -3.25. The predicted molar refractivity (Wildman–Crippen MR) is 123 cm³/mol. The molecule has 0 radical (unpaired) electrons. The number of amides is 1. The van der Waals surface area contributed by atoms with Crippen molar-refractivity contribution in [1.82, 2.24) is 14.3 Å². The van der Waals surface area contributed by atoms with Crippen LogP contribution in [0.5, 0.6) is 0 Å². The molecule has 1 aliphatic heterocycles. The third-order valence-corrected chi connectivity index (χ3v) is 6.96. The maximum Gasteiger partial charge on any atom is 0.271 e. The summed E-state index contributed by atoms with van der Waals surface area (Å²) >= 11 is 1.49. The van der Waals surface area contributed by atoms with Gasteiger partial charge in [-0.1, -0.05) is 54.6 Å². The van der Waals surface area contributed by atoms with Crippen LogP contribution in [-0.4, -0.2) is 26.7 Å². The Morgan fingerprint density at radius 2 is 1.90 bits per heavy atom. The fourth-order valence-corrected chi connectivity index (χ4v) is 5.38. The van der Waals surface area contributed by atoms with E-state index in [4.69, 9.17) is 0 Å². The zero-order valence-electron chi connectivity index (χ0n) is 17.3. The summed E-state index contributed by atoms with van der Waals surface area (Å²) in [4.78, 5) is 34.5. The highest BCUT2D eigenvalue weighted by molar-refractivity contribution is 7.17. The molecule has 2 aromatic carbocycles. The lowest BCUT2D eigenvalue weighted by Gasteiger charge is -2.26. The lowest BCUT2D eigenvalue weighted by Crippen LogP contribution is -2.35.